The molecule has 5 nitrogen and oxygen atoms in total. The molecule has 2 aliphatic rings. The van der Waals surface area contributed by atoms with Crippen LogP contribution in [0.4, 0.5) is 11.8 Å². The van der Waals surface area contributed by atoms with E-state index in [4.69, 9.17) is 10.7 Å². The number of anilines is 2. The molecule has 2 heterocycles. The standard InChI is InChI=1S/C18H31N5/c1-4-13(2)18(3)8-6-5-7-14-15(18)21-17(19)22-16(14)23-11-9-20-10-12-23/h13,20H,4-12H2,1-3H3,(H2,19,21,22). The maximum Gasteiger partial charge on any atom is 0.222 e. The third-order valence-corrected chi connectivity index (χ3v) is 6.03. The number of fused-ring (bicyclic) bond motifs is 1. The zero-order valence-electron chi connectivity index (χ0n) is 14.9. The summed E-state index contributed by atoms with van der Waals surface area (Å²) in [6.07, 6.45) is 5.94. The summed E-state index contributed by atoms with van der Waals surface area (Å²) in [5.74, 6) is 2.14. The molecule has 2 unspecified atom stereocenters. The van der Waals surface area contributed by atoms with E-state index in [1.165, 1.54) is 36.9 Å². The molecule has 1 saturated heterocycles. The Labute approximate surface area is 140 Å². The number of nitrogens with zero attached hydrogens (tertiary/aromatic N) is 3. The molecule has 1 aromatic rings. The van der Waals surface area contributed by atoms with Gasteiger partial charge in [0.15, 0.2) is 0 Å². The topological polar surface area (TPSA) is 67.1 Å². The third kappa shape index (κ3) is 3.03. The van der Waals surface area contributed by atoms with Gasteiger partial charge in [0.2, 0.25) is 5.95 Å². The number of hydrogen-bond acceptors (Lipinski definition) is 5. The van der Waals surface area contributed by atoms with Crippen LogP contribution in [0.5, 0.6) is 0 Å². The lowest BCUT2D eigenvalue weighted by Crippen LogP contribution is -2.44. The van der Waals surface area contributed by atoms with E-state index >= 15 is 0 Å². The summed E-state index contributed by atoms with van der Waals surface area (Å²) in [6.45, 7) is 11.1. The van der Waals surface area contributed by atoms with E-state index in [1.807, 2.05) is 0 Å². The highest BCUT2D eigenvalue weighted by Gasteiger charge is 2.38. The maximum atomic E-state index is 6.14. The number of nitrogens with two attached hydrogens (primary N) is 1. The lowest BCUT2D eigenvalue weighted by atomic mass is 9.70. The molecule has 23 heavy (non-hydrogen) atoms. The van der Waals surface area contributed by atoms with Gasteiger partial charge >= 0.3 is 0 Å². The fourth-order valence-electron chi connectivity index (χ4n) is 4.17. The predicted molar refractivity (Wildman–Crippen MR) is 95.9 cm³/mol. The fraction of sp³-hybridized carbons (Fsp3) is 0.778. The molecule has 1 aliphatic heterocycles. The highest BCUT2D eigenvalue weighted by Crippen LogP contribution is 2.44. The Morgan fingerprint density at radius 2 is 2.00 bits per heavy atom. The second-order valence-electron chi connectivity index (χ2n) is 7.40. The van der Waals surface area contributed by atoms with E-state index in [0.29, 0.717) is 11.9 Å². The number of hydrogen-bond donors (Lipinski definition) is 2. The third-order valence-electron chi connectivity index (χ3n) is 6.03. The molecule has 128 valence electrons. The van der Waals surface area contributed by atoms with Gasteiger partial charge in [0.25, 0.3) is 0 Å². The van der Waals surface area contributed by atoms with Gasteiger partial charge < -0.3 is 16.0 Å². The van der Waals surface area contributed by atoms with Crippen molar-refractivity contribution < 1.29 is 0 Å². The minimum atomic E-state index is 0.112. The number of aromatic nitrogens is 2. The van der Waals surface area contributed by atoms with Crippen molar-refractivity contribution in [3.05, 3.63) is 11.3 Å². The molecule has 2 atom stereocenters. The molecule has 0 radical (unpaired) electrons. The van der Waals surface area contributed by atoms with Crippen LogP contribution in [-0.4, -0.2) is 36.1 Å². The summed E-state index contributed by atoms with van der Waals surface area (Å²) in [7, 11) is 0. The zero-order chi connectivity index (χ0) is 16.4. The molecular weight excluding hydrogens is 286 g/mol. The van der Waals surface area contributed by atoms with Crippen LogP contribution in [-0.2, 0) is 11.8 Å². The zero-order valence-corrected chi connectivity index (χ0v) is 14.9. The fourth-order valence-corrected chi connectivity index (χ4v) is 4.17. The van der Waals surface area contributed by atoms with Gasteiger partial charge in [-0.2, -0.15) is 4.98 Å². The molecule has 1 fully saturated rings. The Morgan fingerprint density at radius 3 is 2.70 bits per heavy atom. The predicted octanol–water partition coefficient (Wildman–Crippen LogP) is 2.50. The highest BCUT2D eigenvalue weighted by molar-refractivity contribution is 5.54. The molecule has 0 aromatic carbocycles. The Bertz CT molecular complexity index is 553. The summed E-state index contributed by atoms with van der Waals surface area (Å²) in [6, 6.07) is 0. The van der Waals surface area contributed by atoms with Crippen molar-refractivity contribution in [2.45, 2.75) is 58.3 Å². The van der Waals surface area contributed by atoms with Crippen LogP contribution < -0.4 is 16.0 Å². The van der Waals surface area contributed by atoms with Gasteiger partial charge in [0.1, 0.15) is 5.82 Å². The smallest absolute Gasteiger partial charge is 0.222 e. The van der Waals surface area contributed by atoms with Gasteiger partial charge in [0, 0.05) is 37.2 Å². The molecular formula is C18H31N5. The van der Waals surface area contributed by atoms with Crippen LogP contribution in [0.25, 0.3) is 0 Å². The summed E-state index contributed by atoms with van der Waals surface area (Å²) in [5.41, 5.74) is 8.84. The van der Waals surface area contributed by atoms with Crippen LogP contribution in [0.2, 0.25) is 0 Å². The molecule has 1 aliphatic carbocycles. The Morgan fingerprint density at radius 1 is 1.26 bits per heavy atom. The first-order valence-electron chi connectivity index (χ1n) is 9.18. The van der Waals surface area contributed by atoms with Crippen molar-refractivity contribution in [2.75, 3.05) is 36.8 Å². The van der Waals surface area contributed by atoms with Crippen LogP contribution in [0.15, 0.2) is 0 Å². The van der Waals surface area contributed by atoms with Crippen molar-refractivity contribution in [1.82, 2.24) is 15.3 Å². The number of nitrogens with one attached hydrogen (secondary N) is 1. The quantitative estimate of drug-likeness (QED) is 0.839. The minimum absolute atomic E-state index is 0.112. The first-order valence-corrected chi connectivity index (χ1v) is 9.18. The molecule has 0 spiro atoms. The van der Waals surface area contributed by atoms with Gasteiger partial charge in [-0.15, -0.1) is 0 Å². The first kappa shape index (κ1) is 16.5. The summed E-state index contributed by atoms with van der Waals surface area (Å²) >= 11 is 0. The van der Waals surface area contributed by atoms with Crippen molar-refractivity contribution in [3.63, 3.8) is 0 Å². The van der Waals surface area contributed by atoms with Crippen LogP contribution in [0, 0.1) is 5.92 Å². The van der Waals surface area contributed by atoms with E-state index in [9.17, 15) is 0 Å². The lowest BCUT2D eigenvalue weighted by molar-refractivity contribution is 0.275. The minimum Gasteiger partial charge on any atom is -0.368 e. The summed E-state index contributed by atoms with van der Waals surface area (Å²) in [4.78, 5) is 11.8. The van der Waals surface area contributed by atoms with Crippen molar-refractivity contribution in [2.24, 2.45) is 5.92 Å². The second-order valence-corrected chi connectivity index (χ2v) is 7.40. The average Bonchev–Trinajstić information content (AvgIpc) is 2.74. The number of piperazine rings is 1. The van der Waals surface area contributed by atoms with E-state index in [2.05, 4.69) is 36.0 Å². The molecule has 3 rings (SSSR count). The van der Waals surface area contributed by atoms with Gasteiger partial charge in [-0.05, 0) is 25.2 Å². The summed E-state index contributed by atoms with van der Waals surface area (Å²) < 4.78 is 0. The lowest BCUT2D eigenvalue weighted by Gasteiger charge is -2.37. The normalized spacial score (nSPS) is 26.5. The molecule has 5 heteroatoms. The van der Waals surface area contributed by atoms with Gasteiger partial charge in [0.05, 0.1) is 5.69 Å². The first-order chi connectivity index (χ1) is 11.1. The largest absolute Gasteiger partial charge is 0.368 e. The van der Waals surface area contributed by atoms with Crippen LogP contribution in [0.3, 0.4) is 0 Å². The monoisotopic (exact) mass is 317 g/mol. The maximum absolute atomic E-state index is 6.14. The van der Waals surface area contributed by atoms with Gasteiger partial charge in [-0.3, -0.25) is 0 Å². The molecule has 0 bridgehead atoms. The summed E-state index contributed by atoms with van der Waals surface area (Å²) in [5, 5.41) is 3.42. The van der Waals surface area contributed by atoms with Gasteiger partial charge in [-0.25, -0.2) is 4.98 Å². The molecule has 1 aromatic heterocycles. The Balaban J connectivity index is 2.10. The Hall–Kier alpha value is -1.36. The van der Waals surface area contributed by atoms with Crippen LogP contribution in [0.1, 0.15) is 57.7 Å². The number of rotatable bonds is 3. The van der Waals surface area contributed by atoms with Crippen molar-refractivity contribution in [1.29, 1.82) is 0 Å². The molecule has 3 N–H and O–H groups in total. The average molecular weight is 317 g/mol. The van der Waals surface area contributed by atoms with Crippen molar-refractivity contribution >= 4 is 11.8 Å². The SMILES string of the molecule is CCC(C)C1(C)CCCCc2c(N3CCNCC3)nc(N)nc21. The molecule has 0 amide bonds. The van der Waals surface area contributed by atoms with E-state index < -0.39 is 0 Å². The van der Waals surface area contributed by atoms with E-state index in [-0.39, 0.29) is 5.41 Å². The Kier molecular flexibility index (Phi) is 4.76. The van der Waals surface area contributed by atoms with Gasteiger partial charge in [-0.1, -0.05) is 33.6 Å². The highest BCUT2D eigenvalue weighted by atomic mass is 15.2. The number of nitrogen functional groups attached to an aromatic ring is 1. The second kappa shape index (κ2) is 6.63. The molecule has 0 saturated carbocycles. The van der Waals surface area contributed by atoms with E-state index in [1.54, 1.807) is 0 Å². The van der Waals surface area contributed by atoms with Crippen LogP contribution >= 0.6 is 0 Å². The van der Waals surface area contributed by atoms with Crippen molar-refractivity contribution in [3.8, 4) is 0 Å². The van der Waals surface area contributed by atoms with E-state index in [0.717, 1.165) is 38.4 Å².